The van der Waals surface area contributed by atoms with Crippen molar-refractivity contribution in [2.45, 2.75) is 124 Å². The fourth-order valence-electron chi connectivity index (χ4n) is 6.87. The van der Waals surface area contributed by atoms with E-state index in [4.69, 9.17) is 4.74 Å². The summed E-state index contributed by atoms with van der Waals surface area (Å²) in [6.07, 6.45) is 20.0. The molecule has 3 aliphatic rings. The van der Waals surface area contributed by atoms with Crippen LogP contribution < -0.4 is 0 Å². The molecular formula is C28H48O3. The van der Waals surface area contributed by atoms with Crippen LogP contribution in [0.3, 0.4) is 0 Å². The molecule has 0 aromatic carbocycles. The van der Waals surface area contributed by atoms with Crippen molar-refractivity contribution in [3.05, 3.63) is 0 Å². The molecule has 3 aliphatic carbocycles. The minimum atomic E-state index is -0.890. The zero-order valence-corrected chi connectivity index (χ0v) is 20.6. The van der Waals surface area contributed by atoms with Gasteiger partial charge in [0.05, 0.1) is 6.61 Å². The quantitative estimate of drug-likeness (QED) is 0.215. The SMILES string of the molecule is CCCCCC1CCC(C2CCC(C3CC[C@](C)(C(=O)OCCC)C(=O)C3)CC2)CC1. The number of carbonyl (C=O) groups excluding carboxylic acids is 2. The summed E-state index contributed by atoms with van der Waals surface area (Å²) in [5.41, 5.74) is -0.890. The molecule has 0 spiro atoms. The van der Waals surface area contributed by atoms with Crippen molar-refractivity contribution in [1.29, 1.82) is 0 Å². The monoisotopic (exact) mass is 432 g/mol. The van der Waals surface area contributed by atoms with Crippen molar-refractivity contribution >= 4 is 11.8 Å². The van der Waals surface area contributed by atoms with Crippen molar-refractivity contribution in [3.63, 3.8) is 0 Å². The highest BCUT2D eigenvalue weighted by atomic mass is 16.5. The number of hydrogen-bond acceptors (Lipinski definition) is 3. The third-order valence-corrected chi connectivity index (χ3v) is 9.22. The molecule has 3 nitrogen and oxygen atoms in total. The first-order valence-corrected chi connectivity index (χ1v) is 13.7. The number of hydrogen-bond donors (Lipinski definition) is 0. The Morgan fingerprint density at radius 3 is 1.97 bits per heavy atom. The van der Waals surface area contributed by atoms with Gasteiger partial charge in [0.15, 0.2) is 0 Å². The second-order valence-electron chi connectivity index (χ2n) is 11.3. The standard InChI is InChI=1S/C28H48O3/c1-4-6-7-8-21-9-11-22(12-10-21)23-13-15-24(16-14-23)25-17-18-28(3,26(29)20-25)27(30)31-19-5-2/h21-25H,4-20H2,1-3H3/t21?,22?,23?,24?,25?,28-/m0/s1. The molecular weight excluding hydrogens is 384 g/mol. The largest absolute Gasteiger partial charge is 0.465 e. The van der Waals surface area contributed by atoms with Crippen molar-refractivity contribution in [2.24, 2.45) is 35.0 Å². The van der Waals surface area contributed by atoms with Gasteiger partial charge in [-0.15, -0.1) is 0 Å². The summed E-state index contributed by atoms with van der Waals surface area (Å²) in [6, 6.07) is 0. The molecule has 3 heteroatoms. The fraction of sp³-hybridized carbons (Fsp3) is 0.929. The Kier molecular flexibility index (Phi) is 9.47. The van der Waals surface area contributed by atoms with Crippen LogP contribution in [-0.4, -0.2) is 18.4 Å². The van der Waals surface area contributed by atoms with E-state index in [9.17, 15) is 9.59 Å². The van der Waals surface area contributed by atoms with E-state index in [2.05, 4.69) is 6.92 Å². The highest BCUT2D eigenvalue weighted by Crippen LogP contribution is 2.47. The third kappa shape index (κ3) is 6.35. The summed E-state index contributed by atoms with van der Waals surface area (Å²) < 4.78 is 5.34. The Hall–Kier alpha value is -0.860. The maximum atomic E-state index is 12.9. The highest BCUT2D eigenvalue weighted by Gasteiger charge is 2.47. The van der Waals surface area contributed by atoms with Gasteiger partial charge < -0.3 is 4.74 Å². The van der Waals surface area contributed by atoms with Gasteiger partial charge >= 0.3 is 5.97 Å². The Morgan fingerprint density at radius 2 is 1.42 bits per heavy atom. The van der Waals surface area contributed by atoms with Gasteiger partial charge in [0, 0.05) is 6.42 Å². The number of unbranched alkanes of at least 4 members (excludes halogenated alkanes) is 2. The zero-order valence-electron chi connectivity index (χ0n) is 20.6. The van der Waals surface area contributed by atoms with E-state index >= 15 is 0 Å². The highest BCUT2D eigenvalue weighted by molar-refractivity contribution is 6.04. The van der Waals surface area contributed by atoms with Crippen molar-refractivity contribution in [2.75, 3.05) is 6.61 Å². The predicted molar refractivity (Wildman–Crippen MR) is 127 cm³/mol. The van der Waals surface area contributed by atoms with Gasteiger partial charge in [-0.1, -0.05) is 52.4 Å². The molecule has 0 heterocycles. The van der Waals surface area contributed by atoms with Crippen molar-refractivity contribution < 1.29 is 14.3 Å². The summed E-state index contributed by atoms with van der Waals surface area (Å²) in [4.78, 5) is 25.4. The van der Waals surface area contributed by atoms with Gasteiger partial charge in [0.2, 0.25) is 0 Å². The number of rotatable bonds is 9. The maximum absolute atomic E-state index is 12.9. The number of esters is 1. The molecule has 178 valence electrons. The van der Waals surface area contributed by atoms with E-state index < -0.39 is 5.41 Å². The predicted octanol–water partition coefficient (Wildman–Crippen LogP) is 7.51. The number of ketones is 1. The van der Waals surface area contributed by atoms with Gasteiger partial charge in [-0.2, -0.15) is 0 Å². The maximum Gasteiger partial charge on any atom is 0.319 e. The molecule has 0 radical (unpaired) electrons. The van der Waals surface area contributed by atoms with Gasteiger partial charge in [-0.25, -0.2) is 0 Å². The number of Topliss-reactive ketones (excluding diaryl/α,β-unsaturated/α-hetero) is 1. The van der Waals surface area contributed by atoms with E-state index in [1.165, 1.54) is 77.0 Å². The van der Waals surface area contributed by atoms with Crippen LogP contribution in [0.5, 0.6) is 0 Å². The van der Waals surface area contributed by atoms with Crippen LogP contribution in [0.2, 0.25) is 0 Å². The fourth-order valence-corrected chi connectivity index (χ4v) is 6.87. The smallest absolute Gasteiger partial charge is 0.319 e. The number of carbonyl (C=O) groups is 2. The molecule has 0 amide bonds. The van der Waals surface area contributed by atoms with Crippen LogP contribution in [0, 0.1) is 35.0 Å². The second kappa shape index (κ2) is 11.8. The first kappa shape index (κ1) is 24.8. The van der Waals surface area contributed by atoms with Crippen molar-refractivity contribution in [3.8, 4) is 0 Å². The number of ether oxygens (including phenoxy) is 1. The minimum absolute atomic E-state index is 0.133. The molecule has 0 saturated heterocycles. The minimum Gasteiger partial charge on any atom is -0.465 e. The van der Waals surface area contributed by atoms with Gasteiger partial charge in [0.1, 0.15) is 11.2 Å². The molecule has 0 aromatic heterocycles. The van der Waals surface area contributed by atoms with Crippen LogP contribution in [0.1, 0.15) is 124 Å². The first-order valence-electron chi connectivity index (χ1n) is 13.7. The summed E-state index contributed by atoms with van der Waals surface area (Å²) >= 11 is 0. The molecule has 0 aliphatic heterocycles. The summed E-state index contributed by atoms with van der Waals surface area (Å²) in [7, 11) is 0. The van der Waals surface area contributed by atoms with Crippen LogP contribution in [0.15, 0.2) is 0 Å². The molecule has 1 unspecified atom stereocenters. The average molecular weight is 433 g/mol. The molecule has 3 rings (SSSR count). The van der Waals surface area contributed by atoms with Crippen molar-refractivity contribution in [1.82, 2.24) is 0 Å². The molecule has 0 aromatic rings. The normalized spacial score (nSPS) is 36.9. The average Bonchev–Trinajstić information content (AvgIpc) is 2.80. The van der Waals surface area contributed by atoms with E-state index in [-0.39, 0.29) is 11.8 Å². The lowest BCUT2D eigenvalue weighted by molar-refractivity contribution is -0.162. The lowest BCUT2D eigenvalue weighted by atomic mass is 9.62. The third-order valence-electron chi connectivity index (χ3n) is 9.22. The van der Waals surface area contributed by atoms with Crippen LogP contribution in [0.25, 0.3) is 0 Å². The van der Waals surface area contributed by atoms with Gasteiger partial charge in [0.25, 0.3) is 0 Å². The first-order chi connectivity index (χ1) is 15.0. The lowest BCUT2D eigenvalue weighted by Crippen LogP contribution is -2.44. The van der Waals surface area contributed by atoms with E-state index in [0.29, 0.717) is 31.3 Å². The molecule has 3 saturated carbocycles. The lowest BCUT2D eigenvalue weighted by Gasteiger charge is -2.42. The molecule has 0 N–H and O–H groups in total. The molecule has 0 bridgehead atoms. The van der Waals surface area contributed by atoms with Gasteiger partial charge in [-0.05, 0) is 94.3 Å². The molecule has 31 heavy (non-hydrogen) atoms. The van der Waals surface area contributed by atoms with E-state index in [1.54, 1.807) is 0 Å². The zero-order chi connectivity index (χ0) is 22.3. The Bertz CT molecular complexity index is 569. The summed E-state index contributed by atoms with van der Waals surface area (Å²) in [5, 5.41) is 0. The summed E-state index contributed by atoms with van der Waals surface area (Å²) in [6.45, 7) is 6.54. The Balaban J connectivity index is 1.40. The van der Waals surface area contributed by atoms with Gasteiger partial charge in [-0.3, -0.25) is 9.59 Å². The van der Waals surface area contributed by atoms with Crippen LogP contribution >= 0.6 is 0 Å². The topological polar surface area (TPSA) is 43.4 Å². The van der Waals surface area contributed by atoms with Crippen LogP contribution in [0.4, 0.5) is 0 Å². The summed E-state index contributed by atoms with van der Waals surface area (Å²) in [5.74, 6) is 3.94. The Labute approximate surface area is 191 Å². The van der Waals surface area contributed by atoms with Crippen LogP contribution in [-0.2, 0) is 14.3 Å². The second-order valence-corrected chi connectivity index (χ2v) is 11.3. The van der Waals surface area contributed by atoms with E-state index in [1.807, 2.05) is 13.8 Å². The van der Waals surface area contributed by atoms with E-state index in [0.717, 1.165) is 30.6 Å². The molecule has 2 atom stereocenters. The molecule has 3 fully saturated rings. The Morgan fingerprint density at radius 1 is 0.839 bits per heavy atom.